The summed E-state index contributed by atoms with van der Waals surface area (Å²) in [6.07, 6.45) is 1.81. The number of hydrogen-bond acceptors (Lipinski definition) is 4. The molecule has 1 aliphatic rings. The van der Waals surface area contributed by atoms with E-state index in [9.17, 15) is 0 Å². The summed E-state index contributed by atoms with van der Waals surface area (Å²) in [7, 11) is 0. The highest BCUT2D eigenvalue weighted by molar-refractivity contribution is 5.55. The predicted molar refractivity (Wildman–Crippen MR) is 76.8 cm³/mol. The molecule has 1 fully saturated rings. The number of anilines is 1. The van der Waals surface area contributed by atoms with Gasteiger partial charge in [0.05, 0.1) is 5.69 Å². The normalized spacial score (nSPS) is 16.9. The fourth-order valence-corrected chi connectivity index (χ4v) is 2.37. The number of piperazine rings is 1. The van der Waals surface area contributed by atoms with Crippen LogP contribution in [-0.4, -0.2) is 49.2 Å². The van der Waals surface area contributed by atoms with Gasteiger partial charge in [0, 0.05) is 50.6 Å². The first-order chi connectivity index (χ1) is 8.72. The number of nitrogens with two attached hydrogens (primary N) is 1. The van der Waals surface area contributed by atoms with Crippen LogP contribution >= 0.6 is 0 Å². The summed E-state index contributed by atoms with van der Waals surface area (Å²) in [6, 6.07) is 4.25. The maximum Gasteiger partial charge on any atom is 0.0647 e. The van der Waals surface area contributed by atoms with E-state index in [0.29, 0.717) is 0 Å². The number of aromatic nitrogens is 1. The van der Waals surface area contributed by atoms with Crippen LogP contribution in [0.25, 0.3) is 6.08 Å². The monoisotopic (exact) mass is 246 g/mol. The van der Waals surface area contributed by atoms with E-state index in [-0.39, 0.29) is 0 Å². The molecule has 0 atom stereocenters. The van der Waals surface area contributed by atoms with Crippen molar-refractivity contribution < 1.29 is 0 Å². The van der Waals surface area contributed by atoms with E-state index in [1.165, 1.54) is 5.69 Å². The highest BCUT2D eigenvalue weighted by Gasteiger charge is 2.16. The third-order valence-corrected chi connectivity index (χ3v) is 3.35. The minimum atomic E-state index is 0.745. The summed E-state index contributed by atoms with van der Waals surface area (Å²) in [5, 5.41) is 0. The van der Waals surface area contributed by atoms with Gasteiger partial charge in [0.1, 0.15) is 0 Å². The molecule has 1 aromatic heterocycles. The molecule has 98 valence electrons. The summed E-state index contributed by atoms with van der Waals surface area (Å²) in [6.45, 7) is 11.8. The summed E-state index contributed by atoms with van der Waals surface area (Å²) in [5.74, 6) is 0. The highest BCUT2D eigenvalue weighted by atomic mass is 15.3. The van der Waals surface area contributed by atoms with Crippen molar-refractivity contribution in [2.75, 3.05) is 44.2 Å². The Balaban J connectivity index is 2.05. The molecule has 0 aromatic carbocycles. The van der Waals surface area contributed by atoms with Gasteiger partial charge in [-0.2, -0.15) is 0 Å². The average molecular weight is 246 g/mol. The Morgan fingerprint density at radius 1 is 1.33 bits per heavy atom. The van der Waals surface area contributed by atoms with E-state index in [4.69, 9.17) is 5.73 Å². The molecule has 18 heavy (non-hydrogen) atoms. The fraction of sp³-hybridized carbons (Fsp3) is 0.500. The van der Waals surface area contributed by atoms with Gasteiger partial charge in [-0.05, 0) is 25.1 Å². The maximum absolute atomic E-state index is 5.59. The molecule has 1 saturated heterocycles. The van der Waals surface area contributed by atoms with E-state index in [1.807, 2.05) is 6.92 Å². The van der Waals surface area contributed by atoms with Crippen LogP contribution in [0, 0.1) is 6.92 Å². The smallest absolute Gasteiger partial charge is 0.0647 e. The molecule has 4 nitrogen and oxygen atoms in total. The second-order valence-corrected chi connectivity index (χ2v) is 4.71. The highest BCUT2D eigenvalue weighted by Crippen LogP contribution is 2.19. The van der Waals surface area contributed by atoms with Crippen LogP contribution in [-0.2, 0) is 0 Å². The molecule has 1 aromatic rings. The summed E-state index contributed by atoms with van der Waals surface area (Å²) in [5.41, 5.74) is 8.84. The number of hydrogen-bond donors (Lipinski definition) is 1. The SMILES string of the molecule is C=Cc1cc(N2CCN(CCN)CC2)cc(C)n1. The van der Waals surface area contributed by atoms with E-state index >= 15 is 0 Å². The van der Waals surface area contributed by atoms with Gasteiger partial charge < -0.3 is 10.6 Å². The molecule has 0 aliphatic carbocycles. The topological polar surface area (TPSA) is 45.4 Å². The molecule has 2 N–H and O–H groups in total. The molecular formula is C14H22N4. The molecule has 0 unspecified atom stereocenters. The van der Waals surface area contributed by atoms with Crippen molar-refractivity contribution >= 4 is 11.8 Å². The summed E-state index contributed by atoms with van der Waals surface area (Å²) >= 11 is 0. The molecular weight excluding hydrogens is 224 g/mol. The van der Waals surface area contributed by atoms with Gasteiger partial charge in [-0.3, -0.25) is 9.88 Å². The van der Waals surface area contributed by atoms with Crippen LogP contribution < -0.4 is 10.6 Å². The van der Waals surface area contributed by atoms with Crippen LogP contribution in [0.1, 0.15) is 11.4 Å². The van der Waals surface area contributed by atoms with Crippen molar-refractivity contribution in [3.8, 4) is 0 Å². The molecule has 2 heterocycles. The van der Waals surface area contributed by atoms with Crippen molar-refractivity contribution in [3.63, 3.8) is 0 Å². The summed E-state index contributed by atoms with van der Waals surface area (Å²) < 4.78 is 0. The Kier molecular flexibility index (Phi) is 4.33. The number of aryl methyl sites for hydroxylation is 1. The lowest BCUT2D eigenvalue weighted by molar-refractivity contribution is 0.265. The Morgan fingerprint density at radius 3 is 2.67 bits per heavy atom. The second kappa shape index (κ2) is 5.98. The van der Waals surface area contributed by atoms with Gasteiger partial charge in [0.15, 0.2) is 0 Å². The molecule has 4 heteroatoms. The first-order valence-corrected chi connectivity index (χ1v) is 6.51. The number of pyridine rings is 1. The lowest BCUT2D eigenvalue weighted by Gasteiger charge is -2.36. The Labute approximate surface area is 109 Å². The third kappa shape index (κ3) is 3.09. The van der Waals surface area contributed by atoms with E-state index < -0.39 is 0 Å². The van der Waals surface area contributed by atoms with E-state index in [0.717, 1.165) is 50.7 Å². The Hall–Kier alpha value is -1.39. The van der Waals surface area contributed by atoms with Crippen LogP contribution in [0.4, 0.5) is 5.69 Å². The molecule has 0 radical (unpaired) electrons. The molecule has 0 saturated carbocycles. The minimum absolute atomic E-state index is 0.745. The van der Waals surface area contributed by atoms with Crippen LogP contribution in [0.15, 0.2) is 18.7 Å². The molecule has 2 rings (SSSR count). The first-order valence-electron chi connectivity index (χ1n) is 6.51. The summed E-state index contributed by atoms with van der Waals surface area (Å²) in [4.78, 5) is 9.25. The second-order valence-electron chi connectivity index (χ2n) is 4.71. The number of rotatable bonds is 4. The fourth-order valence-electron chi connectivity index (χ4n) is 2.37. The Morgan fingerprint density at radius 2 is 2.06 bits per heavy atom. The van der Waals surface area contributed by atoms with Crippen molar-refractivity contribution in [2.24, 2.45) is 5.73 Å². The van der Waals surface area contributed by atoms with Gasteiger partial charge >= 0.3 is 0 Å². The van der Waals surface area contributed by atoms with Gasteiger partial charge in [0.2, 0.25) is 0 Å². The molecule has 0 amide bonds. The van der Waals surface area contributed by atoms with Crippen LogP contribution in [0.2, 0.25) is 0 Å². The number of nitrogens with zero attached hydrogens (tertiary/aromatic N) is 3. The quantitative estimate of drug-likeness (QED) is 0.864. The largest absolute Gasteiger partial charge is 0.369 e. The minimum Gasteiger partial charge on any atom is -0.369 e. The van der Waals surface area contributed by atoms with Crippen molar-refractivity contribution in [2.45, 2.75) is 6.92 Å². The van der Waals surface area contributed by atoms with Crippen LogP contribution in [0.5, 0.6) is 0 Å². The Bertz CT molecular complexity index is 408. The van der Waals surface area contributed by atoms with E-state index in [1.54, 1.807) is 6.08 Å². The molecule has 0 bridgehead atoms. The van der Waals surface area contributed by atoms with Gasteiger partial charge in [0.25, 0.3) is 0 Å². The van der Waals surface area contributed by atoms with Gasteiger partial charge in [-0.15, -0.1) is 0 Å². The first kappa shape index (κ1) is 13.1. The molecule has 1 aliphatic heterocycles. The van der Waals surface area contributed by atoms with Crippen molar-refractivity contribution in [1.82, 2.24) is 9.88 Å². The molecule has 0 spiro atoms. The lowest BCUT2D eigenvalue weighted by atomic mass is 10.2. The lowest BCUT2D eigenvalue weighted by Crippen LogP contribution is -2.47. The zero-order chi connectivity index (χ0) is 13.0. The van der Waals surface area contributed by atoms with Gasteiger partial charge in [-0.25, -0.2) is 0 Å². The third-order valence-electron chi connectivity index (χ3n) is 3.35. The van der Waals surface area contributed by atoms with Crippen molar-refractivity contribution in [1.29, 1.82) is 0 Å². The zero-order valence-corrected chi connectivity index (χ0v) is 11.1. The zero-order valence-electron chi connectivity index (χ0n) is 11.1. The maximum atomic E-state index is 5.59. The predicted octanol–water partition coefficient (Wildman–Crippen LogP) is 1.11. The standard InChI is InChI=1S/C14H22N4/c1-3-13-11-14(10-12(2)16-13)18-8-6-17(5-4-15)7-9-18/h3,10-11H,1,4-9,15H2,2H3. The van der Waals surface area contributed by atoms with Gasteiger partial charge in [-0.1, -0.05) is 6.58 Å². The average Bonchev–Trinajstić information content (AvgIpc) is 2.39. The van der Waals surface area contributed by atoms with E-state index in [2.05, 4.69) is 33.5 Å². The van der Waals surface area contributed by atoms with Crippen LogP contribution in [0.3, 0.4) is 0 Å². The van der Waals surface area contributed by atoms with Crippen molar-refractivity contribution in [3.05, 3.63) is 30.1 Å².